The molecule has 1 heterocycles. The molecule has 122 valence electrons. The summed E-state index contributed by atoms with van der Waals surface area (Å²) in [6.07, 6.45) is 6.46. The molecule has 0 radical (unpaired) electrons. The molecule has 2 N–H and O–H groups in total. The van der Waals surface area contributed by atoms with Gasteiger partial charge in [-0.2, -0.15) is 0 Å². The Bertz CT molecular complexity index is 497. The largest absolute Gasteiger partial charge is 0.493 e. The first kappa shape index (κ1) is 15.8. The van der Waals surface area contributed by atoms with E-state index in [1.165, 1.54) is 36.0 Å². The van der Waals surface area contributed by atoms with Gasteiger partial charge in [0.25, 0.3) is 0 Å². The molecule has 0 saturated carbocycles. The van der Waals surface area contributed by atoms with E-state index in [0.29, 0.717) is 13.0 Å². The summed E-state index contributed by atoms with van der Waals surface area (Å²) >= 11 is 0. The average Bonchev–Trinajstić information content (AvgIpc) is 2.88. The lowest BCUT2D eigenvalue weighted by molar-refractivity contribution is 0.141. The first-order valence-electron chi connectivity index (χ1n) is 8.46. The molecule has 22 heavy (non-hydrogen) atoms. The number of aliphatic hydroxyl groups excluding tert-OH is 1. The molecule has 3 rings (SSSR count). The van der Waals surface area contributed by atoms with Crippen LogP contribution in [0, 0.1) is 0 Å². The first-order chi connectivity index (χ1) is 10.8. The predicted octanol–water partition coefficient (Wildman–Crippen LogP) is 2.38. The Morgan fingerprint density at radius 2 is 2.14 bits per heavy atom. The van der Waals surface area contributed by atoms with Gasteiger partial charge in [-0.25, -0.2) is 0 Å². The molecule has 0 aromatic heterocycles. The molecule has 4 nitrogen and oxygen atoms in total. The van der Waals surface area contributed by atoms with Crippen molar-refractivity contribution < 1.29 is 14.6 Å². The second-order valence-corrected chi connectivity index (χ2v) is 6.39. The van der Waals surface area contributed by atoms with Crippen LogP contribution < -0.4 is 10.1 Å². The summed E-state index contributed by atoms with van der Waals surface area (Å²) in [6, 6.07) is 5.08. The van der Waals surface area contributed by atoms with Crippen LogP contribution in [0.25, 0.3) is 0 Å². The van der Waals surface area contributed by atoms with Gasteiger partial charge in [0.1, 0.15) is 5.75 Å². The molecule has 0 bridgehead atoms. The molecule has 0 amide bonds. The molecule has 1 aliphatic carbocycles. The third-order valence-corrected chi connectivity index (χ3v) is 4.78. The van der Waals surface area contributed by atoms with Crippen LogP contribution in [-0.4, -0.2) is 38.1 Å². The highest BCUT2D eigenvalue weighted by Gasteiger charge is 2.25. The van der Waals surface area contributed by atoms with Crippen molar-refractivity contribution in [3.63, 3.8) is 0 Å². The van der Waals surface area contributed by atoms with Gasteiger partial charge < -0.3 is 19.9 Å². The van der Waals surface area contributed by atoms with Gasteiger partial charge in [0, 0.05) is 31.4 Å². The minimum atomic E-state index is 0.180. The third kappa shape index (κ3) is 3.45. The number of aliphatic hydroxyl groups is 1. The van der Waals surface area contributed by atoms with Gasteiger partial charge >= 0.3 is 0 Å². The van der Waals surface area contributed by atoms with E-state index in [-0.39, 0.29) is 18.7 Å². The van der Waals surface area contributed by atoms with E-state index in [4.69, 9.17) is 9.47 Å². The third-order valence-electron chi connectivity index (χ3n) is 4.78. The van der Waals surface area contributed by atoms with Gasteiger partial charge in [-0.1, -0.05) is 6.07 Å². The number of hydrogen-bond acceptors (Lipinski definition) is 4. The predicted molar refractivity (Wildman–Crippen MR) is 86.4 cm³/mol. The molecule has 2 unspecified atom stereocenters. The molecule has 0 fully saturated rings. The standard InChI is InChI=1S/C18H27NO3/c1-21-12-15(7-8-20)19-17-6-3-9-22-18-11-14-5-2-4-13(14)10-16(17)18/h10-11,15,17,19-20H,2-9,12H2,1H3. The highest BCUT2D eigenvalue weighted by atomic mass is 16.5. The van der Waals surface area contributed by atoms with Crippen molar-refractivity contribution in [3.05, 3.63) is 28.8 Å². The van der Waals surface area contributed by atoms with Crippen LogP contribution in [0.3, 0.4) is 0 Å². The van der Waals surface area contributed by atoms with Crippen LogP contribution >= 0.6 is 0 Å². The molecule has 2 atom stereocenters. The van der Waals surface area contributed by atoms with Crippen molar-refractivity contribution in [2.24, 2.45) is 0 Å². The minimum absolute atomic E-state index is 0.180. The Kier molecular flexibility index (Phi) is 5.34. The Morgan fingerprint density at radius 1 is 1.32 bits per heavy atom. The van der Waals surface area contributed by atoms with Crippen LogP contribution in [0.2, 0.25) is 0 Å². The van der Waals surface area contributed by atoms with Crippen LogP contribution in [0.1, 0.15) is 48.4 Å². The lowest BCUT2D eigenvalue weighted by Gasteiger charge is -2.25. The summed E-state index contributed by atoms with van der Waals surface area (Å²) < 4.78 is 11.3. The zero-order chi connectivity index (χ0) is 15.4. The van der Waals surface area contributed by atoms with Crippen molar-refractivity contribution >= 4 is 0 Å². The van der Waals surface area contributed by atoms with E-state index in [0.717, 1.165) is 25.2 Å². The zero-order valence-electron chi connectivity index (χ0n) is 13.4. The Balaban J connectivity index is 1.83. The summed E-state index contributed by atoms with van der Waals surface area (Å²) in [4.78, 5) is 0. The SMILES string of the molecule is COCC(CCO)NC1CCCOc2cc3c(cc21)CCC3. The van der Waals surface area contributed by atoms with Crippen molar-refractivity contribution in [1.29, 1.82) is 0 Å². The van der Waals surface area contributed by atoms with E-state index < -0.39 is 0 Å². The maximum atomic E-state index is 9.25. The second-order valence-electron chi connectivity index (χ2n) is 6.39. The minimum Gasteiger partial charge on any atom is -0.493 e. The Morgan fingerprint density at radius 3 is 2.91 bits per heavy atom. The summed E-state index contributed by atoms with van der Waals surface area (Å²) in [5, 5.41) is 12.9. The lowest BCUT2D eigenvalue weighted by Crippen LogP contribution is -2.37. The number of aryl methyl sites for hydroxylation is 2. The molecule has 1 aromatic rings. The highest BCUT2D eigenvalue weighted by Crippen LogP contribution is 2.37. The van der Waals surface area contributed by atoms with Crippen LogP contribution in [0.4, 0.5) is 0 Å². The quantitative estimate of drug-likeness (QED) is 0.847. The monoisotopic (exact) mass is 305 g/mol. The summed E-state index contributed by atoms with van der Waals surface area (Å²) in [5.41, 5.74) is 4.24. The smallest absolute Gasteiger partial charge is 0.124 e. The fourth-order valence-electron chi connectivity index (χ4n) is 3.67. The van der Waals surface area contributed by atoms with E-state index in [1.807, 2.05) is 0 Å². The van der Waals surface area contributed by atoms with Gasteiger partial charge in [-0.05, 0) is 55.7 Å². The number of nitrogens with one attached hydrogen (secondary N) is 1. The normalized spacial score (nSPS) is 21.6. The molecule has 0 saturated heterocycles. The van der Waals surface area contributed by atoms with E-state index in [2.05, 4.69) is 17.4 Å². The molecular formula is C18H27NO3. The van der Waals surface area contributed by atoms with E-state index in [9.17, 15) is 5.11 Å². The number of hydrogen-bond donors (Lipinski definition) is 2. The van der Waals surface area contributed by atoms with Crippen molar-refractivity contribution in [2.45, 2.75) is 50.6 Å². The number of rotatable bonds is 6. The summed E-state index contributed by atoms with van der Waals surface area (Å²) in [5.74, 6) is 1.05. The number of ether oxygens (including phenoxy) is 2. The Labute approximate surface area is 132 Å². The molecule has 4 heteroatoms. The molecule has 2 aliphatic rings. The maximum Gasteiger partial charge on any atom is 0.124 e. The van der Waals surface area contributed by atoms with Crippen molar-refractivity contribution in [2.75, 3.05) is 26.9 Å². The van der Waals surface area contributed by atoms with Crippen LogP contribution in [0.5, 0.6) is 5.75 Å². The highest BCUT2D eigenvalue weighted by molar-refractivity contribution is 5.46. The summed E-state index contributed by atoms with van der Waals surface area (Å²) in [6.45, 7) is 1.60. The lowest BCUT2D eigenvalue weighted by atomic mass is 9.96. The maximum absolute atomic E-state index is 9.25. The van der Waals surface area contributed by atoms with E-state index in [1.54, 1.807) is 7.11 Å². The fraction of sp³-hybridized carbons (Fsp3) is 0.667. The van der Waals surface area contributed by atoms with E-state index >= 15 is 0 Å². The van der Waals surface area contributed by atoms with Gasteiger partial charge in [-0.15, -0.1) is 0 Å². The second kappa shape index (κ2) is 7.44. The van der Waals surface area contributed by atoms with Gasteiger partial charge in [0.2, 0.25) is 0 Å². The molecule has 1 aromatic carbocycles. The summed E-state index contributed by atoms with van der Waals surface area (Å²) in [7, 11) is 1.71. The van der Waals surface area contributed by atoms with Crippen LogP contribution in [-0.2, 0) is 17.6 Å². The number of methoxy groups -OCH3 is 1. The number of benzene rings is 1. The van der Waals surface area contributed by atoms with Crippen molar-refractivity contribution in [1.82, 2.24) is 5.32 Å². The van der Waals surface area contributed by atoms with Gasteiger partial charge in [0.15, 0.2) is 0 Å². The Hall–Kier alpha value is -1.10. The average molecular weight is 305 g/mol. The molecule has 1 aliphatic heterocycles. The first-order valence-corrected chi connectivity index (χ1v) is 8.46. The van der Waals surface area contributed by atoms with Gasteiger partial charge in [0.05, 0.1) is 13.2 Å². The van der Waals surface area contributed by atoms with Gasteiger partial charge in [-0.3, -0.25) is 0 Å². The van der Waals surface area contributed by atoms with Crippen molar-refractivity contribution in [3.8, 4) is 5.75 Å². The zero-order valence-corrected chi connectivity index (χ0v) is 13.4. The topological polar surface area (TPSA) is 50.7 Å². The molecule has 0 spiro atoms. The fourth-order valence-corrected chi connectivity index (χ4v) is 3.67. The number of fused-ring (bicyclic) bond motifs is 2. The van der Waals surface area contributed by atoms with Crippen LogP contribution in [0.15, 0.2) is 12.1 Å². The molecular weight excluding hydrogens is 278 g/mol.